The van der Waals surface area contributed by atoms with Crippen molar-refractivity contribution in [2.75, 3.05) is 17.7 Å². The first kappa shape index (κ1) is 17.3. The fourth-order valence-electron chi connectivity index (χ4n) is 2.18. The van der Waals surface area contributed by atoms with Crippen molar-refractivity contribution in [2.24, 2.45) is 0 Å². The maximum absolute atomic E-state index is 6.17. The second kappa shape index (κ2) is 8.05. The maximum Gasteiger partial charge on any atom is 0.224 e. The van der Waals surface area contributed by atoms with E-state index >= 15 is 0 Å². The molecule has 5 nitrogen and oxygen atoms in total. The second-order valence-electron chi connectivity index (χ2n) is 5.19. The Morgan fingerprint density at radius 2 is 1.72 bits per heavy atom. The van der Waals surface area contributed by atoms with Crippen molar-refractivity contribution in [1.29, 1.82) is 0 Å². The number of nitrogens with one attached hydrogen (secondary N) is 2. The van der Waals surface area contributed by atoms with E-state index in [0.717, 1.165) is 11.3 Å². The average molecular weight is 375 g/mol. The first-order chi connectivity index (χ1) is 12.2. The Morgan fingerprint density at radius 3 is 2.40 bits per heavy atom. The fourth-order valence-corrected chi connectivity index (χ4v) is 2.68. The molecule has 128 valence electrons. The third kappa shape index (κ3) is 4.53. The summed E-state index contributed by atoms with van der Waals surface area (Å²) in [6, 6.07) is 14.9. The smallest absolute Gasteiger partial charge is 0.224 e. The van der Waals surface area contributed by atoms with Crippen LogP contribution in [-0.4, -0.2) is 17.1 Å². The molecular weight excluding hydrogens is 359 g/mol. The predicted molar refractivity (Wildman–Crippen MR) is 102 cm³/mol. The third-order valence-electron chi connectivity index (χ3n) is 3.48. The second-order valence-corrected chi connectivity index (χ2v) is 6.00. The number of anilines is 3. The minimum atomic E-state index is 0.504. The number of hydrogen-bond donors (Lipinski definition) is 2. The van der Waals surface area contributed by atoms with E-state index in [1.165, 1.54) is 0 Å². The van der Waals surface area contributed by atoms with Gasteiger partial charge < -0.3 is 15.4 Å². The van der Waals surface area contributed by atoms with Crippen molar-refractivity contribution in [3.63, 3.8) is 0 Å². The molecular formula is C18H16Cl2N4O. The van der Waals surface area contributed by atoms with E-state index < -0.39 is 0 Å². The molecule has 2 aromatic carbocycles. The van der Waals surface area contributed by atoms with Gasteiger partial charge in [0.05, 0.1) is 22.8 Å². The first-order valence-corrected chi connectivity index (χ1v) is 8.32. The van der Waals surface area contributed by atoms with Crippen LogP contribution >= 0.6 is 23.2 Å². The summed E-state index contributed by atoms with van der Waals surface area (Å²) in [7, 11) is 1.64. The topological polar surface area (TPSA) is 59.1 Å². The molecule has 0 aliphatic heterocycles. The molecule has 3 rings (SSSR count). The van der Waals surface area contributed by atoms with Crippen molar-refractivity contribution in [1.82, 2.24) is 9.97 Å². The molecule has 0 atom stereocenters. The van der Waals surface area contributed by atoms with Crippen LogP contribution in [0.3, 0.4) is 0 Å². The predicted octanol–water partition coefficient (Wildman–Crippen LogP) is 5.15. The lowest BCUT2D eigenvalue weighted by Crippen LogP contribution is -2.05. The summed E-state index contributed by atoms with van der Waals surface area (Å²) in [6.07, 6.45) is 1.66. The van der Waals surface area contributed by atoms with Crippen molar-refractivity contribution in [2.45, 2.75) is 6.54 Å². The molecule has 0 unspecified atom stereocenters. The molecule has 3 aromatic rings. The molecule has 0 fully saturated rings. The molecule has 0 aliphatic rings. The van der Waals surface area contributed by atoms with Crippen molar-refractivity contribution >= 4 is 40.7 Å². The van der Waals surface area contributed by atoms with E-state index in [-0.39, 0.29) is 0 Å². The zero-order chi connectivity index (χ0) is 17.6. The quantitative estimate of drug-likeness (QED) is 0.624. The molecule has 0 amide bonds. The third-order valence-corrected chi connectivity index (χ3v) is 4.11. The van der Waals surface area contributed by atoms with Gasteiger partial charge in [0.15, 0.2) is 0 Å². The lowest BCUT2D eigenvalue weighted by molar-refractivity contribution is 0.414. The number of hydrogen-bond acceptors (Lipinski definition) is 5. The molecule has 0 saturated heterocycles. The number of methoxy groups -OCH3 is 1. The number of rotatable bonds is 6. The van der Waals surface area contributed by atoms with Gasteiger partial charge in [0.2, 0.25) is 5.95 Å². The fraction of sp³-hybridized carbons (Fsp3) is 0.111. The Morgan fingerprint density at radius 1 is 1.00 bits per heavy atom. The van der Waals surface area contributed by atoms with Gasteiger partial charge in [0.25, 0.3) is 0 Å². The number of nitrogens with zero attached hydrogens (tertiary/aromatic N) is 2. The number of halogens is 2. The summed E-state index contributed by atoms with van der Waals surface area (Å²) in [5.74, 6) is 1.93. The van der Waals surface area contributed by atoms with Gasteiger partial charge >= 0.3 is 0 Å². The summed E-state index contributed by atoms with van der Waals surface area (Å²) in [5.41, 5.74) is 1.71. The van der Waals surface area contributed by atoms with E-state index in [4.69, 9.17) is 27.9 Å². The van der Waals surface area contributed by atoms with Crippen LogP contribution in [-0.2, 0) is 6.54 Å². The average Bonchev–Trinajstić information content (AvgIpc) is 2.64. The van der Waals surface area contributed by atoms with E-state index in [9.17, 15) is 0 Å². The van der Waals surface area contributed by atoms with E-state index in [2.05, 4.69) is 20.6 Å². The standard InChI is InChI=1S/C18H16Cl2N4O/c1-25-13-7-5-12(6-8-13)11-22-18-21-10-9-16(24-18)23-17-14(19)3-2-4-15(17)20/h2-10H,11H2,1H3,(H2,21,22,23,24). The Bertz CT molecular complexity index is 836. The Balaban J connectivity index is 1.68. The molecule has 0 spiro atoms. The van der Waals surface area contributed by atoms with Crippen LogP contribution < -0.4 is 15.4 Å². The number of para-hydroxylation sites is 1. The van der Waals surface area contributed by atoms with E-state index in [1.807, 2.05) is 24.3 Å². The Labute approximate surface area is 156 Å². The van der Waals surface area contributed by atoms with E-state index in [1.54, 1.807) is 37.6 Å². The summed E-state index contributed by atoms with van der Waals surface area (Å²) in [5, 5.41) is 7.36. The molecule has 1 aromatic heterocycles. The summed E-state index contributed by atoms with van der Waals surface area (Å²) in [6.45, 7) is 0.598. The minimum absolute atomic E-state index is 0.504. The van der Waals surface area contributed by atoms with Crippen LogP contribution in [0, 0.1) is 0 Å². The van der Waals surface area contributed by atoms with Crippen LogP contribution in [0.1, 0.15) is 5.56 Å². The van der Waals surface area contributed by atoms with Gasteiger partial charge in [-0.2, -0.15) is 4.98 Å². The number of aromatic nitrogens is 2. The zero-order valence-corrected chi connectivity index (χ0v) is 15.0. The lowest BCUT2D eigenvalue weighted by Gasteiger charge is -2.11. The normalized spacial score (nSPS) is 10.4. The molecule has 0 bridgehead atoms. The molecule has 2 N–H and O–H groups in total. The molecule has 0 saturated carbocycles. The van der Waals surface area contributed by atoms with Crippen LogP contribution in [0.4, 0.5) is 17.5 Å². The van der Waals surface area contributed by atoms with Gasteiger partial charge in [-0.05, 0) is 35.9 Å². The van der Waals surface area contributed by atoms with Crippen molar-refractivity contribution < 1.29 is 4.74 Å². The van der Waals surface area contributed by atoms with Gasteiger partial charge in [-0.3, -0.25) is 0 Å². The molecule has 1 heterocycles. The van der Waals surface area contributed by atoms with Crippen LogP contribution in [0.25, 0.3) is 0 Å². The van der Waals surface area contributed by atoms with Gasteiger partial charge in [-0.15, -0.1) is 0 Å². The number of ether oxygens (including phenoxy) is 1. The number of benzene rings is 2. The van der Waals surface area contributed by atoms with E-state index in [0.29, 0.717) is 34.0 Å². The largest absolute Gasteiger partial charge is 0.497 e. The highest BCUT2D eigenvalue weighted by molar-refractivity contribution is 6.39. The van der Waals surface area contributed by atoms with Crippen molar-refractivity contribution in [3.8, 4) is 5.75 Å². The first-order valence-electron chi connectivity index (χ1n) is 7.56. The van der Waals surface area contributed by atoms with Gasteiger partial charge in [0, 0.05) is 12.7 Å². The van der Waals surface area contributed by atoms with Crippen LogP contribution in [0.15, 0.2) is 54.7 Å². The highest BCUT2D eigenvalue weighted by Gasteiger charge is 2.07. The van der Waals surface area contributed by atoms with Crippen molar-refractivity contribution in [3.05, 3.63) is 70.3 Å². The highest BCUT2D eigenvalue weighted by Crippen LogP contribution is 2.32. The monoisotopic (exact) mass is 374 g/mol. The SMILES string of the molecule is COc1ccc(CNc2nccc(Nc3c(Cl)cccc3Cl)n2)cc1. The van der Waals surface area contributed by atoms with Gasteiger partial charge in [0.1, 0.15) is 11.6 Å². The molecule has 25 heavy (non-hydrogen) atoms. The molecule has 0 aliphatic carbocycles. The molecule has 0 radical (unpaired) electrons. The summed E-state index contributed by atoms with van der Waals surface area (Å²) in [4.78, 5) is 8.65. The Hall–Kier alpha value is -2.50. The zero-order valence-electron chi connectivity index (χ0n) is 13.5. The summed E-state index contributed by atoms with van der Waals surface area (Å²) >= 11 is 12.3. The van der Waals surface area contributed by atoms with Crippen LogP contribution in [0.5, 0.6) is 5.75 Å². The van der Waals surface area contributed by atoms with Crippen LogP contribution in [0.2, 0.25) is 10.0 Å². The van der Waals surface area contributed by atoms with Gasteiger partial charge in [-0.25, -0.2) is 4.98 Å². The van der Waals surface area contributed by atoms with Gasteiger partial charge in [-0.1, -0.05) is 41.4 Å². The maximum atomic E-state index is 6.17. The molecule has 7 heteroatoms. The summed E-state index contributed by atoms with van der Waals surface area (Å²) < 4.78 is 5.15. The Kier molecular flexibility index (Phi) is 5.58. The lowest BCUT2D eigenvalue weighted by atomic mass is 10.2. The highest BCUT2D eigenvalue weighted by atomic mass is 35.5. The minimum Gasteiger partial charge on any atom is -0.497 e.